The Morgan fingerprint density at radius 2 is 1.89 bits per heavy atom. The fraction of sp³-hybridized carbons (Fsp3) is 0.0667. The first-order chi connectivity index (χ1) is 9.29. The number of hydrogen-bond donors (Lipinski definition) is 0. The molecule has 0 spiro atoms. The Kier molecular flexibility index (Phi) is 4.21. The fourth-order valence-electron chi connectivity index (χ4n) is 1.57. The van der Waals surface area contributed by atoms with E-state index in [0.29, 0.717) is 17.9 Å². The van der Waals surface area contributed by atoms with Crippen LogP contribution in [0.5, 0.6) is 5.75 Å². The van der Waals surface area contributed by atoms with Crippen molar-refractivity contribution in [2.75, 3.05) is 0 Å². The molecule has 0 radical (unpaired) electrons. The molecule has 0 unspecified atom stereocenters. The number of rotatable bonds is 4. The molecule has 0 atom stereocenters. The lowest BCUT2D eigenvalue weighted by molar-refractivity contribution is 0.100. The zero-order chi connectivity index (χ0) is 13.5. The predicted molar refractivity (Wildman–Crippen MR) is 69.7 cm³/mol. The second-order valence-electron chi connectivity index (χ2n) is 3.81. The van der Waals surface area contributed by atoms with Gasteiger partial charge in [-0.3, -0.25) is 4.79 Å². The molecule has 2 rings (SSSR count). The summed E-state index contributed by atoms with van der Waals surface area (Å²) < 4.78 is 5.57. The second-order valence-corrected chi connectivity index (χ2v) is 3.81. The number of carbonyl (C=O) groups is 1. The second kappa shape index (κ2) is 6.28. The Hall–Kier alpha value is -2.71. The van der Waals surface area contributed by atoms with Gasteiger partial charge in [0.25, 0.3) is 5.91 Å². The number of isocyanates is 1. The van der Waals surface area contributed by atoms with Crippen LogP contribution in [0, 0.1) is 0 Å². The number of ether oxygens (including phenoxy) is 1. The molecule has 0 heterocycles. The zero-order valence-electron chi connectivity index (χ0n) is 10.1. The van der Waals surface area contributed by atoms with Crippen LogP contribution in [0.2, 0.25) is 0 Å². The van der Waals surface area contributed by atoms with Crippen LogP contribution >= 0.6 is 0 Å². The fourth-order valence-corrected chi connectivity index (χ4v) is 1.57. The van der Waals surface area contributed by atoms with Crippen LogP contribution in [0.25, 0.3) is 0 Å². The molecular weight excluding hydrogens is 242 g/mol. The summed E-state index contributed by atoms with van der Waals surface area (Å²) >= 11 is 0. The third kappa shape index (κ3) is 3.63. The maximum Gasteiger partial charge on any atom is 0.287 e. The van der Waals surface area contributed by atoms with E-state index < -0.39 is 5.91 Å². The minimum Gasteiger partial charge on any atom is -0.489 e. The molecule has 4 heteroatoms. The van der Waals surface area contributed by atoms with Gasteiger partial charge in [0.15, 0.2) is 0 Å². The van der Waals surface area contributed by atoms with Gasteiger partial charge in [-0.1, -0.05) is 36.4 Å². The number of aliphatic imine (C=N–C) groups is 1. The van der Waals surface area contributed by atoms with Crippen molar-refractivity contribution in [3.8, 4) is 5.75 Å². The summed E-state index contributed by atoms with van der Waals surface area (Å²) in [7, 11) is 0. The van der Waals surface area contributed by atoms with Gasteiger partial charge in [0, 0.05) is 5.56 Å². The van der Waals surface area contributed by atoms with Gasteiger partial charge in [-0.2, -0.15) is 0 Å². The third-order valence-electron chi connectivity index (χ3n) is 2.48. The molecule has 0 aliphatic carbocycles. The van der Waals surface area contributed by atoms with Crippen molar-refractivity contribution in [1.82, 2.24) is 0 Å². The molecule has 94 valence electrons. The molecule has 0 aliphatic rings. The minimum absolute atomic E-state index is 0.300. The third-order valence-corrected chi connectivity index (χ3v) is 2.48. The van der Waals surface area contributed by atoms with Crippen LogP contribution < -0.4 is 4.74 Å². The van der Waals surface area contributed by atoms with Crippen molar-refractivity contribution < 1.29 is 14.3 Å². The van der Waals surface area contributed by atoms with Gasteiger partial charge in [0.1, 0.15) is 12.4 Å². The highest BCUT2D eigenvalue weighted by Gasteiger charge is 2.05. The molecular formula is C15H11NO3. The van der Waals surface area contributed by atoms with Crippen molar-refractivity contribution in [3.63, 3.8) is 0 Å². The molecule has 0 N–H and O–H groups in total. The van der Waals surface area contributed by atoms with Gasteiger partial charge >= 0.3 is 0 Å². The summed E-state index contributed by atoms with van der Waals surface area (Å²) in [6.45, 7) is 0.412. The number of amides is 1. The summed E-state index contributed by atoms with van der Waals surface area (Å²) in [5.74, 6) is -0.0732. The van der Waals surface area contributed by atoms with Gasteiger partial charge < -0.3 is 4.74 Å². The van der Waals surface area contributed by atoms with E-state index in [1.54, 1.807) is 24.3 Å². The van der Waals surface area contributed by atoms with Crippen LogP contribution in [-0.4, -0.2) is 12.0 Å². The Labute approximate surface area is 110 Å². The highest BCUT2D eigenvalue weighted by atomic mass is 16.5. The van der Waals surface area contributed by atoms with E-state index in [9.17, 15) is 9.59 Å². The largest absolute Gasteiger partial charge is 0.489 e. The number of benzene rings is 2. The smallest absolute Gasteiger partial charge is 0.287 e. The van der Waals surface area contributed by atoms with E-state index in [2.05, 4.69) is 4.99 Å². The van der Waals surface area contributed by atoms with E-state index in [4.69, 9.17) is 4.74 Å². The SMILES string of the molecule is O=C=NC(=O)c1cccc(OCc2ccccc2)c1. The summed E-state index contributed by atoms with van der Waals surface area (Å²) in [6.07, 6.45) is 1.23. The average molecular weight is 253 g/mol. The normalized spacial score (nSPS) is 9.47. The van der Waals surface area contributed by atoms with Crippen LogP contribution in [0.4, 0.5) is 0 Å². The molecule has 0 saturated heterocycles. The van der Waals surface area contributed by atoms with Crippen molar-refractivity contribution in [1.29, 1.82) is 0 Å². The van der Waals surface area contributed by atoms with Gasteiger partial charge in [0.05, 0.1) is 0 Å². The van der Waals surface area contributed by atoms with E-state index in [1.165, 1.54) is 6.08 Å². The van der Waals surface area contributed by atoms with E-state index >= 15 is 0 Å². The molecule has 0 fully saturated rings. The lowest BCUT2D eigenvalue weighted by Gasteiger charge is -2.06. The monoisotopic (exact) mass is 253 g/mol. The van der Waals surface area contributed by atoms with E-state index in [0.717, 1.165) is 5.56 Å². The average Bonchev–Trinajstić information content (AvgIpc) is 2.47. The summed E-state index contributed by atoms with van der Waals surface area (Å²) in [5, 5.41) is 0. The molecule has 19 heavy (non-hydrogen) atoms. The highest BCUT2D eigenvalue weighted by molar-refractivity contribution is 5.97. The van der Waals surface area contributed by atoms with Crippen LogP contribution in [0.1, 0.15) is 15.9 Å². The number of hydrogen-bond acceptors (Lipinski definition) is 3. The van der Waals surface area contributed by atoms with Crippen molar-refractivity contribution in [2.45, 2.75) is 6.61 Å². The number of carbonyl (C=O) groups excluding carboxylic acids is 2. The van der Waals surface area contributed by atoms with Crippen LogP contribution in [0.3, 0.4) is 0 Å². The topological polar surface area (TPSA) is 55.7 Å². The van der Waals surface area contributed by atoms with Gasteiger partial charge in [-0.05, 0) is 23.8 Å². The molecule has 0 aromatic heterocycles. The summed E-state index contributed by atoms with van der Waals surface area (Å²) in [6, 6.07) is 16.2. The first-order valence-electron chi connectivity index (χ1n) is 5.68. The predicted octanol–water partition coefficient (Wildman–Crippen LogP) is 2.74. The van der Waals surface area contributed by atoms with Crippen molar-refractivity contribution in [2.24, 2.45) is 4.99 Å². The van der Waals surface area contributed by atoms with Crippen molar-refractivity contribution in [3.05, 3.63) is 65.7 Å². The zero-order valence-corrected chi connectivity index (χ0v) is 10.1. The Bertz CT molecular complexity index is 616. The maximum atomic E-state index is 11.4. The summed E-state index contributed by atoms with van der Waals surface area (Å²) in [4.78, 5) is 24.5. The lowest BCUT2D eigenvalue weighted by Crippen LogP contribution is -1.98. The Balaban J connectivity index is 2.07. The highest BCUT2D eigenvalue weighted by Crippen LogP contribution is 2.15. The molecule has 2 aromatic rings. The molecule has 4 nitrogen and oxygen atoms in total. The summed E-state index contributed by atoms with van der Waals surface area (Å²) in [5.41, 5.74) is 1.33. The van der Waals surface area contributed by atoms with Gasteiger partial charge in [0.2, 0.25) is 6.08 Å². The molecule has 0 aliphatic heterocycles. The first kappa shape index (κ1) is 12.7. The molecule has 1 amide bonds. The first-order valence-corrected chi connectivity index (χ1v) is 5.68. The standard InChI is InChI=1S/C15H11NO3/c17-11-16-15(18)13-7-4-8-14(9-13)19-10-12-5-2-1-3-6-12/h1-9H,10H2. The number of nitrogens with zero attached hydrogens (tertiary/aromatic N) is 1. The van der Waals surface area contributed by atoms with E-state index in [-0.39, 0.29) is 0 Å². The minimum atomic E-state index is -0.625. The molecule has 0 saturated carbocycles. The Morgan fingerprint density at radius 1 is 1.11 bits per heavy atom. The quantitative estimate of drug-likeness (QED) is 0.621. The lowest BCUT2D eigenvalue weighted by atomic mass is 10.2. The Morgan fingerprint density at radius 3 is 2.63 bits per heavy atom. The molecule has 0 bridgehead atoms. The maximum absolute atomic E-state index is 11.4. The van der Waals surface area contributed by atoms with E-state index in [1.807, 2.05) is 30.3 Å². The molecule has 2 aromatic carbocycles. The van der Waals surface area contributed by atoms with Gasteiger partial charge in [-0.25, -0.2) is 4.79 Å². The van der Waals surface area contributed by atoms with Crippen LogP contribution in [-0.2, 0) is 11.4 Å². The van der Waals surface area contributed by atoms with Crippen molar-refractivity contribution >= 4 is 12.0 Å². The van der Waals surface area contributed by atoms with Gasteiger partial charge in [-0.15, -0.1) is 4.99 Å². The van der Waals surface area contributed by atoms with Crippen LogP contribution in [0.15, 0.2) is 59.6 Å².